The van der Waals surface area contributed by atoms with Gasteiger partial charge in [0.2, 0.25) is 0 Å². The fourth-order valence-electron chi connectivity index (χ4n) is 2.82. The van der Waals surface area contributed by atoms with Gasteiger partial charge in [0.05, 0.1) is 23.0 Å². The lowest BCUT2D eigenvalue weighted by Gasteiger charge is -2.29. The van der Waals surface area contributed by atoms with Gasteiger partial charge in [-0.2, -0.15) is 5.10 Å². The van der Waals surface area contributed by atoms with Crippen LogP contribution in [0.15, 0.2) is 34.9 Å². The van der Waals surface area contributed by atoms with E-state index in [0.717, 1.165) is 27.9 Å². The molecule has 1 aliphatic heterocycles. The second-order valence-corrected chi connectivity index (χ2v) is 6.60. The summed E-state index contributed by atoms with van der Waals surface area (Å²) in [6, 6.07) is 8.22. The fraction of sp³-hybridized carbons (Fsp3) is 0.438. The number of aliphatic hydroxyl groups excluding tert-OH is 1. The topological polar surface area (TPSA) is 47.3 Å². The number of para-hydroxylation sites is 1. The molecule has 0 spiro atoms. The number of benzene rings is 1. The van der Waals surface area contributed by atoms with E-state index in [9.17, 15) is 5.11 Å². The molecule has 0 aliphatic carbocycles. The normalized spacial score (nSPS) is 19.2. The molecule has 1 aliphatic rings. The molecule has 0 radical (unpaired) electrons. The van der Waals surface area contributed by atoms with Gasteiger partial charge in [-0.3, -0.25) is 4.68 Å². The van der Waals surface area contributed by atoms with Gasteiger partial charge in [-0.05, 0) is 47.8 Å². The van der Waals surface area contributed by atoms with E-state index in [-0.39, 0.29) is 12.0 Å². The Kier molecular flexibility index (Phi) is 4.04. The minimum atomic E-state index is -0.599. The van der Waals surface area contributed by atoms with Crippen molar-refractivity contribution in [1.29, 1.82) is 0 Å². The first kappa shape index (κ1) is 14.6. The maximum Gasteiger partial charge on any atom is 0.122 e. The van der Waals surface area contributed by atoms with Gasteiger partial charge >= 0.3 is 0 Å². The highest BCUT2D eigenvalue weighted by Crippen LogP contribution is 2.36. The first-order valence-corrected chi connectivity index (χ1v) is 7.99. The second kappa shape index (κ2) is 5.81. The van der Waals surface area contributed by atoms with Crippen LogP contribution in [-0.2, 0) is 6.42 Å². The number of fused-ring (bicyclic) bond motifs is 1. The van der Waals surface area contributed by atoms with Crippen LogP contribution in [0, 0.1) is 5.92 Å². The Bertz CT molecular complexity index is 639. The minimum Gasteiger partial charge on any atom is -0.493 e. The van der Waals surface area contributed by atoms with Crippen molar-refractivity contribution in [3.63, 3.8) is 0 Å². The number of ether oxygens (including phenoxy) is 1. The molecular formula is C16H19BrN2O2. The summed E-state index contributed by atoms with van der Waals surface area (Å²) < 4.78 is 8.51. The Labute approximate surface area is 132 Å². The summed E-state index contributed by atoms with van der Waals surface area (Å²) >= 11 is 3.50. The van der Waals surface area contributed by atoms with Crippen LogP contribution in [0.2, 0.25) is 0 Å². The van der Waals surface area contributed by atoms with Crippen LogP contribution in [0.1, 0.15) is 37.3 Å². The highest BCUT2D eigenvalue weighted by molar-refractivity contribution is 9.10. The largest absolute Gasteiger partial charge is 0.493 e. The molecule has 0 saturated heterocycles. The van der Waals surface area contributed by atoms with Crippen LogP contribution in [-0.4, -0.2) is 21.5 Å². The Balaban J connectivity index is 1.87. The summed E-state index contributed by atoms with van der Waals surface area (Å²) in [5.41, 5.74) is 1.98. The average molecular weight is 351 g/mol. The molecule has 112 valence electrons. The summed E-state index contributed by atoms with van der Waals surface area (Å²) in [7, 11) is 0. The summed E-state index contributed by atoms with van der Waals surface area (Å²) in [6.45, 7) is 4.64. The first-order valence-electron chi connectivity index (χ1n) is 7.19. The molecule has 1 aromatic heterocycles. The second-order valence-electron chi connectivity index (χ2n) is 5.74. The average Bonchev–Trinajstić information content (AvgIpc) is 2.88. The highest BCUT2D eigenvalue weighted by Gasteiger charge is 2.31. The number of rotatable bonds is 3. The maximum absolute atomic E-state index is 10.8. The van der Waals surface area contributed by atoms with Gasteiger partial charge in [0.15, 0.2) is 0 Å². The van der Waals surface area contributed by atoms with Gasteiger partial charge in [-0.15, -0.1) is 0 Å². The molecule has 2 heterocycles. The van der Waals surface area contributed by atoms with E-state index in [1.54, 1.807) is 6.20 Å². The molecule has 1 N–H and O–H groups in total. The molecule has 3 rings (SSSR count). The number of hydrogen-bond donors (Lipinski definition) is 1. The van der Waals surface area contributed by atoms with Crippen LogP contribution >= 0.6 is 15.9 Å². The molecule has 2 unspecified atom stereocenters. The third kappa shape index (κ3) is 2.72. The highest BCUT2D eigenvalue weighted by atomic mass is 79.9. The predicted octanol–water partition coefficient (Wildman–Crippen LogP) is 3.51. The number of aliphatic hydroxyl groups is 1. The molecule has 2 atom stereocenters. The minimum absolute atomic E-state index is 0.0328. The lowest BCUT2D eigenvalue weighted by molar-refractivity contribution is 0.0564. The van der Waals surface area contributed by atoms with Gasteiger partial charge in [-0.1, -0.05) is 18.2 Å². The van der Waals surface area contributed by atoms with E-state index in [2.05, 4.69) is 40.9 Å². The molecule has 0 fully saturated rings. The molecule has 0 bridgehead atoms. The Morgan fingerprint density at radius 1 is 1.38 bits per heavy atom. The predicted molar refractivity (Wildman–Crippen MR) is 84.4 cm³/mol. The zero-order valence-electron chi connectivity index (χ0n) is 12.2. The number of halogens is 1. The molecule has 2 aromatic rings. The van der Waals surface area contributed by atoms with Crippen molar-refractivity contribution in [1.82, 2.24) is 9.78 Å². The zero-order chi connectivity index (χ0) is 15.0. The van der Waals surface area contributed by atoms with Gasteiger partial charge in [0.1, 0.15) is 11.9 Å². The van der Waals surface area contributed by atoms with Gasteiger partial charge in [0, 0.05) is 12.0 Å². The third-order valence-electron chi connectivity index (χ3n) is 3.91. The Hall–Kier alpha value is -1.33. The summed E-state index contributed by atoms with van der Waals surface area (Å²) in [5.74, 6) is 0.961. The van der Waals surface area contributed by atoms with Gasteiger partial charge < -0.3 is 9.84 Å². The monoisotopic (exact) mass is 350 g/mol. The lowest BCUT2D eigenvalue weighted by Crippen LogP contribution is -2.28. The van der Waals surface area contributed by atoms with E-state index < -0.39 is 6.10 Å². The Morgan fingerprint density at radius 2 is 2.14 bits per heavy atom. The van der Waals surface area contributed by atoms with Gasteiger partial charge in [-0.25, -0.2) is 0 Å². The molecule has 1 aromatic carbocycles. The van der Waals surface area contributed by atoms with Crippen molar-refractivity contribution in [2.24, 2.45) is 5.92 Å². The zero-order valence-corrected chi connectivity index (χ0v) is 13.7. The molecule has 21 heavy (non-hydrogen) atoms. The van der Waals surface area contributed by atoms with Crippen molar-refractivity contribution in [2.45, 2.75) is 32.4 Å². The van der Waals surface area contributed by atoms with Crippen LogP contribution < -0.4 is 4.74 Å². The summed E-state index contributed by atoms with van der Waals surface area (Å²) in [4.78, 5) is 0. The lowest BCUT2D eigenvalue weighted by atomic mass is 9.90. The van der Waals surface area contributed by atoms with Crippen molar-refractivity contribution < 1.29 is 9.84 Å². The molecule has 0 amide bonds. The number of aromatic nitrogens is 2. The van der Waals surface area contributed by atoms with E-state index in [1.807, 2.05) is 22.9 Å². The molecular weight excluding hydrogens is 332 g/mol. The van der Waals surface area contributed by atoms with Crippen molar-refractivity contribution in [3.05, 3.63) is 46.2 Å². The molecule has 4 nitrogen and oxygen atoms in total. The number of nitrogens with zero attached hydrogens (tertiary/aromatic N) is 2. The summed E-state index contributed by atoms with van der Waals surface area (Å²) in [5, 5.41) is 15.1. The van der Waals surface area contributed by atoms with E-state index in [1.165, 1.54) is 0 Å². The summed E-state index contributed by atoms with van der Waals surface area (Å²) in [6.07, 6.45) is 1.96. The Morgan fingerprint density at radius 3 is 2.90 bits per heavy atom. The maximum atomic E-state index is 10.8. The van der Waals surface area contributed by atoms with Crippen LogP contribution in [0.25, 0.3) is 0 Å². The first-order chi connectivity index (χ1) is 10.1. The smallest absolute Gasteiger partial charge is 0.122 e. The van der Waals surface area contributed by atoms with Crippen molar-refractivity contribution in [2.75, 3.05) is 6.61 Å². The number of hydrogen-bond acceptors (Lipinski definition) is 3. The van der Waals surface area contributed by atoms with Crippen LogP contribution in [0.3, 0.4) is 0 Å². The SMILES string of the molecule is CC(C)n1ncc(Br)c1C(O)C1COc2ccccc2C1. The van der Waals surface area contributed by atoms with Crippen LogP contribution in [0.4, 0.5) is 0 Å². The van der Waals surface area contributed by atoms with Gasteiger partial charge in [0.25, 0.3) is 0 Å². The van der Waals surface area contributed by atoms with E-state index >= 15 is 0 Å². The third-order valence-corrected chi connectivity index (χ3v) is 4.52. The quantitative estimate of drug-likeness (QED) is 0.921. The van der Waals surface area contributed by atoms with E-state index in [4.69, 9.17) is 4.74 Å². The molecule has 0 saturated carbocycles. The van der Waals surface area contributed by atoms with Crippen molar-refractivity contribution in [3.8, 4) is 5.75 Å². The molecule has 5 heteroatoms. The van der Waals surface area contributed by atoms with Crippen molar-refractivity contribution >= 4 is 15.9 Å². The standard InChI is InChI=1S/C16H19BrN2O2/c1-10(2)19-15(13(17)8-18-19)16(20)12-7-11-5-3-4-6-14(11)21-9-12/h3-6,8,10,12,16,20H,7,9H2,1-2H3. The van der Waals surface area contributed by atoms with Crippen LogP contribution in [0.5, 0.6) is 5.75 Å². The van der Waals surface area contributed by atoms with E-state index in [0.29, 0.717) is 6.61 Å². The fourth-order valence-corrected chi connectivity index (χ4v) is 3.32.